The molecule has 0 bridgehead atoms. The van der Waals surface area contributed by atoms with Gasteiger partial charge in [-0.2, -0.15) is 0 Å². The number of ether oxygens (including phenoxy) is 1. The van der Waals surface area contributed by atoms with Crippen LogP contribution in [-0.4, -0.2) is 12.4 Å². The van der Waals surface area contributed by atoms with E-state index in [0.717, 1.165) is 30.2 Å². The van der Waals surface area contributed by atoms with E-state index in [-0.39, 0.29) is 0 Å². The number of rotatable bonds is 6. The molecule has 0 saturated carbocycles. The third-order valence-electron chi connectivity index (χ3n) is 3.18. The number of nitrogens with two attached hydrogens (primary N) is 1. The molecule has 0 unspecified atom stereocenters. The highest BCUT2D eigenvalue weighted by molar-refractivity contribution is 7.99. The minimum absolute atomic E-state index is 0.754. The summed E-state index contributed by atoms with van der Waals surface area (Å²) in [5.74, 6) is 2.01. The smallest absolute Gasteiger partial charge is 0.119 e. The van der Waals surface area contributed by atoms with Crippen LogP contribution < -0.4 is 10.5 Å². The average Bonchev–Trinajstić information content (AvgIpc) is 2.44. The number of hydrogen-bond donors (Lipinski definition) is 1. The SMILES string of the molecule is Cc1ccc(OCCCSc2ccc(N)cc2)cc1C. The Labute approximate surface area is 125 Å². The molecule has 0 aliphatic rings. The van der Waals surface area contributed by atoms with Crippen molar-refractivity contribution < 1.29 is 4.74 Å². The molecule has 0 aromatic heterocycles. The van der Waals surface area contributed by atoms with Crippen LogP contribution in [0.4, 0.5) is 5.69 Å². The molecule has 0 fully saturated rings. The second kappa shape index (κ2) is 7.25. The Morgan fingerprint density at radius 2 is 1.75 bits per heavy atom. The molecule has 20 heavy (non-hydrogen) atoms. The number of thioether (sulfide) groups is 1. The number of aryl methyl sites for hydroxylation is 2. The number of benzene rings is 2. The lowest BCUT2D eigenvalue weighted by molar-refractivity contribution is 0.318. The van der Waals surface area contributed by atoms with Gasteiger partial charge in [0, 0.05) is 16.3 Å². The summed E-state index contributed by atoms with van der Waals surface area (Å²) in [6, 6.07) is 14.2. The summed E-state index contributed by atoms with van der Waals surface area (Å²) in [5.41, 5.74) is 9.05. The molecule has 0 saturated heterocycles. The summed E-state index contributed by atoms with van der Waals surface area (Å²) in [4.78, 5) is 1.25. The fourth-order valence-corrected chi connectivity index (χ4v) is 2.63. The Morgan fingerprint density at radius 1 is 1.00 bits per heavy atom. The van der Waals surface area contributed by atoms with Gasteiger partial charge in [-0.25, -0.2) is 0 Å². The molecular formula is C17H21NOS. The Balaban J connectivity index is 1.68. The molecule has 2 N–H and O–H groups in total. The Bertz CT molecular complexity index is 551. The van der Waals surface area contributed by atoms with E-state index in [9.17, 15) is 0 Å². The van der Waals surface area contributed by atoms with Gasteiger partial charge in [0.2, 0.25) is 0 Å². The highest BCUT2D eigenvalue weighted by Crippen LogP contribution is 2.20. The van der Waals surface area contributed by atoms with E-state index < -0.39 is 0 Å². The van der Waals surface area contributed by atoms with Crippen molar-refractivity contribution in [3.05, 3.63) is 53.6 Å². The van der Waals surface area contributed by atoms with Crippen molar-refractivity contribution in [2.24, 2.45) is 0 Å². The first-order valence-corrected chi connectivity index (χ1v) is 7.82. The van der Waals surface area contributed by atoms with E-state index in [2.05, 4.69) is 38.1 Å². The Morgan fingerprint density at radius 3 is 2.45 bits per heavy atom. The topological polar surface area (TPSA) is 35.2 Å². The summed E-state index contributed by atoms with van der Waals surface area (Å²) >= 11 is 1.83. The highest BCUT2D eigenvalue weighted by atomic mass is 32.2. The standard InChI is InChI=1S/C17H21NOS/c1-13-4-7-16(12-14(13)2)19-10-3-11-20-17-8-5-15(18)6-9-17/h4-9,12H,3,10-11,18H2,1-2H3. The van der Waals surface area contributed by atoms with Crippen molar-refractivity contribution >= 4 is 17.4 Å². The van der Waals surface area contributed by atoms with Gasteiger partial charge < -0.3 is 10.5 Å². The fourth-order valence-electron chi connectivity index (χ4n) is 1.81. The van der Waals surface area contributed by atoms with Gasteiger partial charge in [0.05, 0.1) is 6.61 Å². The molecule has 2 rings (SSSR count). The average molecular weight is 287 g/mol. The summed E-state index contributed by atoms with van der Waals surface area (Å²) in [7, 11) is 0. The normalized spacial score (nSPS) is 10.5. The number of anilines is 1. The number of nitrogen functional groups attached to an aromatic ring is 1. The van der Waals surface area contributed by atoms with E-state index in [1.165, 1.54) is 16.0 Å². The van der Waals surface area contributed by atoms with E-state index in [1.54, 1.807) is 0 Å². The zero-order valence-corrected chi connectivity index (χ0v) is 12.9. The van der Waals surface area contributed by atoms with Crippen LogP contribution in [0, 0.1) is 13.8 Å². The van der Waals surface area contributed by atoms with Gasteiger partial charge in [-0.3, -0.25) is 0 Å². The summed E-state index contributed by atoms with van der Waals surface area (Å²) in [5, 5.41) is 0. The first-order chi connectivity index (χ1) is 9.65. The zero-order valence-electron chi connectivity index (χ0n) is 12.1. The van der Waals surface area contributed by atoms with Crippen molar-refractivity contribution in [1.82, 2.24) is 0 Å². The van der Waals surface area contributed by atoms with Crippen molar-refractivity contribution in [2.75, 3.05) is 18.1 Å². The molecule has 0 atom stereocenters. The van der Waals surface area contributed by atoms with Gasteiger partial charge in [-0.05, 0) is 67.8 Å². The molecular weight excluding hydrogens is 266 g/mol. The number of hydrogen-bond acceptors (Lipinski definition) is 3. The molecule has 2 aromatic carbocycles. The molecule has 0 spiro atoms. The second-order valence-corrected chi connectivity index (χ2v) is 6.03. The quantitative estimate of drug-likeness (QED) is 0.484. The molecule has 0 radical (unpaired) electrons. The maximum atomic E-state index is 5.77. The van der Waals surface area contributed by atoms with Crippen molar-refractivity contribution in [2.45, 2.75) is 25.2 Å². The maximum absolute atomic E-state index is 5.77. The van der Waals surface area contributed by atoms with E-state index in [4.69, 9.17) is 10.5 Å². The molecule has 0 heterocycles. The van der Waals surface area contributed by atoms with Crippen molar-refractivity contribution in [3.8, 4) is 5.75 Å². The van der Waals surface area contributed by atoms with Crippen LogP contribution >= 0.6 is 11.8 Å². The third-order valence-corrected chi connectivity index (χ3v) is 4.28. The summed E-state index contributed by atoms with van der Waals surface area (Å²) in [6.07, 6.45) is 1.03. The lowest BCUT2D eigenvalue weighted by Crippen LogP contribution is -1.99. The minimum atomic E-state index is 0.754. The van der Waals surface area contributed by atoms with Gasteiger partial charge in [-0.1, -0.05) is 6.07 Å². The molecule has 2 aromatic rings. The molecule has 3 heteroatoms. The fraction of sp³-hybridized carbons (Fsp3) is 0.294. The van der Waals surface area contributed by atoms with Gasteiger partial charge >= 0.3 is 0 Å². The van der Waals surface area contributed by atoms with Gasteiger partial charge in [0.1, 0.15) is 5.75 Å². The monoisotopic (exact) mass is 287 g/mol. The van der Waals surface area contributed by atoms with Crippen LogP contribution in [0.15, 0.2) is 47.4 Å². The van der Waals surface area contributed by atoms with Gasteiger partial charge in [-0.15, -0.1) is 11.8 Å². The Kier molecular flexibility index (Phi) is 5.36. The Hall–Kier alpha value is -1.61. The highest BCUT2D eigenvalue weighted by Gasteiger charge is 1.98. The third kappa shape index (κ3) is 4.49. The van der Waals surface area contributed by atoms with E-state index in [0.29, 0.717) is 0 Å². The first-order valence-electron chi connectivity index (χ1n) is 6.83. The minimum Gasteiger partial charge on any atom is -0.494 e. The summed E-state index contributed by atoms with van der Waals surface area (Å²) < 4.78 is 5.77. The van der Waals surface area contributed by atoms with Gasteiger partial charge in [0.25, 0.3) is 0 Å². The van der Waals surface area contributed by atoms with Gasteiger partial charge in [0.15, 0.2) is 0 Å². The van der Waals surface area contributed by atoms with E-state index >= 15 is 0 Å². The predicted molar refractivity (Wildman–Crippen MR) is 87.6 cm³/mol. The van der Waals surface area contributed by atoms with Crippen molar-refractivity contribution in [1.29, 1.82) is 0 Å². The molecule has 2 nitrogen and oxygen atoms in total. The molecule has 0 amide bonds. The van der Waals surface area contributed by atoms with Crippen LogP contribution in [-0.2, 0) is 0 Å². The zero-order chi connectivity index (χ0) is 14.4. The lowest BCUT2D eigenvalue weighted by Gasteiger charge is -2.08. The molecule has 0 aliphatic carbocycles. The van der Waals surface area contributed by atoms with E-state index in [1.807, 2.05) is 30.0 Å². The molecule has 0 aliphatic heterocycles. The predicted octanol–water partition coefficient (Wildman–Crippen LogP) is 4.45. The second-order valence-electron chi connectivity index (χ2n) is 4.87. The van der Waals surface area contributed by atoms with Crippen LogP contribution in [0.3, 0.4) is 0 Å². The van der Waals surface area contributed by atoms with Crippen LogP contribution in [0.25, 0.3) is 0 Å². The van der Waals surface area contributed by atoms with Crippen LogP contribution in [0.1, 0.15) is 17.5 Å². The largest absolute Gasteiger partial charge is 0.494 e. The van der Waals surface area contributed by atoms with Crippen LogP contribution in [0.2, 0.25) is 0 Å². The summed E-state index contributed by atoms with van der Waals surface area (Å²) in [6.45, 7) is 4.98. The van der Waals surface area contributed by atoms with Crippen LogP contribution in [0.5, 0.6) is 5.75 Å². The van der Waals surface area contributed by atoms with Crippen molar-refractivity contribution in [3.63, 3.8) is 0 Å². The lowest BCUT2D eigenvalue weighted by atomic mass is 10.1. The molecule has 106 valence electrons. The first kappa shape index (κ1) is 14.8. The maximum Gasteiger partial charge on any atom is 0.119 e.